The molecule has 4 heteroatoms. The number of methoxy groups -OCH3 is 1. The Labute approximate surface area is 91.6 Å². The lowest BCUT2D eigenvalue weighted by atomic mass is 10.1. The minimum atomic E-state index is -0.456. The van der Waals surface area contributed by atoms with Crippen LogP contribution >= 0.6 is 11.6 Å². The van der Waals surface area contributed by atoms with Gasteiger partial charge in [0, 0.05) is 17.0 Å². The molecule has 0 bridgehead atoms. The van der Waals surface area contributed by atoms with Gasteiger partial charge in [0.15, 0.2) is 5.69 Å². The highest BCUT2D eigenvalue weighted by Gasteiger charge is 2.12. The lowest BCUT2D eigenvalue weighted by Gasteiger charge is -2.04. The zero-order chi connectivity index (χ0) is 10.8. The van der Waals surface area contributed by atoms with Crippen molar-refractivity contribution in [3.05, 3.63) is 41.2 Å². The highest BCUT2D eigenvalue weighted by Crippen LogP contribution is 2.24. The third-order valence-electron chi connectivity index (χ3n) is 2.13. The molecule has 0 N–H and O–H groups in total. The molecule has 76 valence electrons. The van der Waals surface area contributed by atoms with Gasteiger partial charge in [-0.1, -0.05) is 35.9 Å². The standard InChI is InChI=1S/C11H8ClNO2/c1-15-11(14)10-8-5-3-2-4-7(8)9(12)6-13-10/h2-6H,1H3. The molecule has 2 aromatic rings. The first-order chi connectivity index (χ1) is 7.24. The van der Waals surface area contributed by atoms with E-state index in [9.17, 15) is 4.79 Å². The fraction of sp³-hybridized carbons (Fsp3) is 0.0909. The van der Waals surface area contributed by atoms with Crippen LogP contribution in [0.25, 0.3) is 10.8 Å². The number of benzene rings is 1. The van der Waals surface area contributed by atoms with E-state index in [0.717, 1.165) is 5.39 Å². The van der Waals surface area contributed by atoms with E-state index in [4.69, 9.17) is 11.6 Å². The first-order valence-electron chi connectivity index (χ1n) is 4.35. The lowest BCUT2D eigenvalue weighted by Crippen LogP contribution is -2.04. The number of fused-ring (bicyclic) bond motifs is 1. The highest BCUT2D eigenvalue weighted by molar-refractivity contribution is 6.35. The second-order valence-electron chi connectivity index (χ2n) is 2.99. The molecule has 2 rings (SSSR count). The number of pyridine rings is 1. The quantitative estimate of drug-likeness (QED) is 0.695. The third-order valence-corrected chi connectivity index (χ3v) is 2.43. The summed E-state index contributed by atoms with van der Waals surface area (Å²) >= 11 is 5.96. The molecule has 1 aromatic carbocycles. The zero-order valence-electron chi connectivity index (χ0n) is 8.03. The number of hydrogen-bond acceptors (Lipinski definition) is 3. The van der Waals surface area contributed by atoms with E-state index in [1.165, 1.54) is 13.3 Å². The number of hydrogen-bond donors (Lipinski definition) is 0. The number of nitrogens with zero attached hydrogens (tertiary/aromatic N) is 1. The van der Waals surface area contributed by atoms with E-state index in [0.29, 0.717) is 10.4 Å². The van der Waals surface area contributed by atoms with E-state index in [2.05, 4.69) is 9.72 Å². The van der Waals surface area contributed by atoms with Gasteiger partial charge in [-0.15, -0.1) is 0 Å². The van der Waals surface area contributed by atoms with E-state index in [-0.39, 0.29) is 5.69 Å². The molecule has 0 unspecified atom stereocenters. The van der Waals surface area contributed by atoms with Gasteiger partial charge in [-0.2, -0.15) is 0 Å². The number of halogens is 1. The molecule has 1 heterocycles. The predicted molar refractivity (Wildman–Crippen MR) is 58.1 cm³/mol. The first kappa shape index (κ1) is 9.93. The molecule has 15 heavy (non-hydrogen) atoms. The van der Waals surface area contributed by atoms with Crippen molar-refractivity contribution in [1.29, 1.82) is 0 Å². The maximum absolute atomic E-state index is 11.4. The van der Waals surface area contributed by atoms with Crippen LogP contribution in [0.3, 0.4) is 0 Å². The summed E-state index contributed by atoms with van der Waals surface area (Å²) in [7, 11) is 1.33. The van der Waals surface area contributed by atoms with Crippen molar-refractivity contribution in [2.45, 2.75) is 0 Å². The lowest BCUT2D eigenvalue weighted by molar-refractivity contribution is 0.0596. The monoisotopic (exact) mass is 221 g/mol. The summed E-state index contributed by atoms with van der Waals surface area (Å²) in [6.45, 7) is 0. The summed E-state index contributed by atoms with van der Waals surface area (Å²) in [5.74, 6) is -0.456. The minimum Gasteiger partial charge on any atom is -0.464 e. The van der Waals surface area contributed by atoms with Crippen molar-refractivity contribution < 1.29 is 9.53 Å². The topological polar surface area (TPSA) is 39.2 Å². The molecule has 0 radical (unpaired) electrons. The molecule has 0 fully saturated rings. The summed E-state index contributed by atoms with van der Waals surface area (Å²) in [5.41, 5.74) is 0.289. The van der Waals surface area contributed by atoms with Crippen LogP contribution in [0.5, 0.6) is 0 Å². The first-order valence-corrected chi connectivity index (χ1v) is 4.73. The molecule has 0 aliphatic rings. The molecule has 0 atom stereocenters. The maximum atomic E-state index is 11.4. The summed E-state index contributed by atoms with van der Waals surface area (Å²) in [4.78, 5) is 15.4. The van der Waals surface area contributed by atoms with Crippen molar-refractivity contribution in [2.75, 3.05) is 7.11 Å². The van der Waals surface area contributed by atoms with Crippen molar-refractivity contribution in [3.63, 3.8) is 0 Å². The van der Waals surface area contributed by atoms with Crippen LogP contribution in [0.15, 0.2) is 30.5 Å². The number of carbonyl (C=O) groups excluding carboxylic acids is 1. The highest BCUT2D eigenvalue weighted by atomic mass is 35.5. The molecule has 3 nitrogen and oxygen atoms in total. The van der Waals surface area contributed by atoms with Gasteiger partial charge < -0.3 is 4.74 Å². The average molecular weight is 222 g/mol. The molecular weight excluding hydrogens is 214 g/mol. The van der Waals surface area contributed by atoms with Crippen molar-refractivity contribution >= 4 is 28.3 Å². The third kappa shape index (κ3) is 1.66. The summed E-state index contributed by atoms with van der Waals surface area (Å²) in [6.07, 6.45) is 1.45. The van der Waals surface area contributed by atoms with Crippen molar-refractivity contribution in [2.24, 2.45) is 0 Å². The van der Waals surface area contributed by atoms with Crippen LogP contribution in [0.2, 0.25) is 5.02 Å². The fourth-order valence-corrected chi connectivity index (χ4v) is 1.63. The SMILES string of the molecule is COC(=O)c1ncc(Cl)c2ccccc12. The average Bonchev–Trinajstić information content (AvgIpc) is 2.29. The van der Waals surface area contributed by atoms with Gasteiger partial charge in [-0.3, -0.25) is 0 Å². The van der Waals surface area contributed by atoms with Gasteiger partial charge in [-0.05, 0) is 0 Å². The Morgan fingerprint density at radius 3 is 2.67 bits per heavy atom. The second kappa shape index (κ2) is 3.87. The van der Waals surface area contributed by atoms with E-state index in [1.54, 1.807) is 6.07 Å². The van der Waals surface area contributed by atoms with Crippen molar-refractivity contribution in [1.82, 2.24) is 4.98 Å². The fourth-order valence-electron chi connectivity index (χ4n) is 1.42. The molecule has 1 aromatic heterocycles. The van der Waals surface area contributed by atoms with E-state index < -0.39 is 5.97 Å². The number of rotatable bonds is 1. The Balaban J connectivity index is 2.77. The smallest absolute Gasteiger partial charge is 0.357 e. The summed E-state index contributed by atoms with van der Waals surface area (Å²) in [6, 6.07) is 7.31. The van der Waals surface area contributed by atoms with Crippen LogP contribution in [0.1, 0.15) is 10.5 Å². The Bertz CT molecular complexity index is 525. The zero-order valence-corrected chi connectivity index (χ0v) is 8.78. The Morgan fingerprint density at radius 1 is 1.33 bits per heavy atom. The Hall–Kier alpha value is -1.61. The molecule has 0 saturated heterocycles. The molecule has 0 saturated carbocycles. The molecular formula is C11H8ClNO2. The van der Waals surface area contributed by atoms with Crippen LogP contribution < -0.4 is 0 Å². The van der Waals surface area contributed by atoms with Crippen LogP contribution in [-0.4, -0.2) is 18.1 Å². The van der Waals surface area contributed by atoms with Gasteiger partial charge in [0.1, 0.15) is 0 Å². The van der Waals surface area contributed by atoms with Gasteiger partial charge in [0.25, 0.3) is 0 Å². The van der Waals surface area contributed by atoms with Gasteiger partial charge >= 0.3 is 5.97 Å². The van der Waals surface area contributed by atoms with Gasteiger partial charge in [0.05, 0.1) is 12.1 Å². The normalized spacial score (nSPS) is 10.3. The number of aromatic nitrogens is 1. The maximum Gasteiger partial charge on any atom is 0.357 e. The molecule has 0 aliphatic heterocycles. The molecule has 0 amide bonds. The number of carbonyl (C=O) groups is 1. The largest absolute Gasteiger partial charge is 0.464 e. The summed E-state index contributed by atoms with van der Waals surface area (Å²) < 4.78 is 4.64. The Kier molecular flexibility index (Phi) is 2.56. The predicted octanol–water partition coefficient (Wildman–Crippen LogP) is 2.67. The van der Waals surface area contributed by atoms with Gasteiger partial charge in [0.2, 0.25) is 0 Å². The van der Waals surface area contributed by atoms with Crippen LogP contribution in [0, 0.1) is 0 Å². The Morgan fingerprint density at radius 2 is 2.00 bits per heavy atom. The number of ether oxygens (including phenoxy) is 1. The molecule has 0 aliphatic carbocycles. The van der Waals surface area contributed by atoms with E-state index >= 15 is 0 Å². The van der Waals surface area contributed by atoms with E-state index in [1.807, 2.05) is 18.2 Å². The minimum absolute atomic E-state index is 0.289. The summed E-state index contributed by atoms with van der Waals surface area (Å²) in [5, 5.41) is 2.03. The number of esters is 1. The molecule has 0 spiro atoms. The van der Waals surface area contributed by atoms with Crippen LogP contribution in [0.4, 0.5) is 0 Å². The van der Waals surface area contributed by atoms with Crippen LogP contribution in [-0.2, 0) is 4.74 Å². The van der Waals surface area contributed by atoms with Gasteiger partial charge in [-0.25, -0.2) is 9.78 Å². The second-order valence-corrected chi connectivity index (χ2v) is 3.40. The van der Waals surface area contributed by atoms with Crippen molar-refractivity contribution in [3.8, 4) is 0 Å².